The second-order valence-electron chi connectivity index (χ2n) is 2.27. The lowest BCUT2D eigenvalue weighted by Gasteiger charge is -2.05. The minimum Gasteiger partial charge on any atom is -0.274 e. The average molecular weight is 443 g/mol. The highest BCUT2D eigenvalue weighted by molar-refractivity contribution is 14.1. The van der Waals surface area contributed by atoms with E-state index in [-0.39, 0.29) is 5.69 Å². The van der Waals surface area contributed by atoms with Crippen molar-refractivity contribution in [2.75, 3.05) is 0 Å². The fraction of sp³-hybridized carbons (Fsp3) is 0.143. The summed E-state index contributed by atoms with van der Waals surface area (Å²) in [7, 11) is 0. The first kappa shape index (κ1) is 12.5. The summed E-state index contributed by atoms with van der Waals surface area (Å²) in [6.45, 7) is 0. The second-order valence-corrected chi connectivity index (χ2v) is 4.80. The van der Waals surface area contributed by atoms with Crippen LogP contribution in [0.2, 0.25) is 0 Å². The van der Waals surface area contributed by atoms with E-state index in [9.17, 15) is 13.6 Å². The molecule has 0 aliphatic rings. The SMILES string of the molecule is O=C(Cl)c1nc(I)c(I)cc1C(F)F. The molecule has 2 nitrogen and oxygen atoms in total. The Morgan fingerprint density at radius 1 is 1.50 bits per heavy atom. The number of rotatable bonds is 2. The molecule has 0 saturated heterocycles. The van der Waals surface area contributed by atoms with Crippen LogP contribution in [0.1, 0.15) is 22.5 Å². The minimum atomic E-state index is -2.74. The molecule has 0 radical (unpaired) electrons. The summed E-state index contributed by atoms with van der Waals surface area (Å²) >= 11 is 8.85. The molecule has 0 bridgehead atoms. The highest BCUT2D eigenvalue weighted by atomic mass is 127. The van der Waals surface area contributed by atoms with Crippen LogP contribution < -0.4 is 0 Å². The van der Waals surface area contributed by atoms with Crippen molar-refractivity contribution in [1.29, 1.82) is 0 Å². The van der Waals surface area contributed by atoms with Gasteiger partial charge in [-0.25, -0.2) is 13.8 Å². The van der Waals surface area contributed by atoms with E-state index in [1.165, 1.54) is 6.07 Å². The quantitative estimate of drug-likeness (QED) is 0.397. The van der Waals surface area contributed by atoms with Gasteiger partial charge in [0.1, 0.15) is 9.39 Å². The maximum absolute atomic E-state index is 12.4. The largest absolute Gasteiger partial charge is 0.274 e. The van der Waals surface area contributed by atoms with E-state index in [0.29, 0.717) is 7.27 Å². The summed E-state index contributed by atoms with van der Waals surface area (Å²) in [6.07, 6.45) is -2.74. The highest BCUT2D eigenvalue weighted by Crippen LogP contribution is 2.26. The van der Waals surface area contributed by atoms with Crippen molar-refractivity contribution in [3.8, 4) is 0 Å². The van der Waals surface area contributed by atoms with Gasteiger partial charge >= 0.3 is 0 Å². The van der Waals surface area contributed by atoms with Crippen LogP contribution in [0.25, 0.3) is 0 Å². The van der Waals surface area contributed by atoms with Gasteiger partial charge in [-0.05, 0) is 62.8 Å². The molecule has 0 aliphatic heterocycles. The first-order valence-corrected chi connectivity index (χ1v) is 5.81. The van der Waals surface area contributed by atoms with Crippen molar-refractivity contribution in [2.45, 2.75) is 6.43 Å². The number of hydrogen-bond donors (Lipinski definition) is 0. The van der Waals surface area contributed by atoms with Crippen LogP contribution in [0.3, 0.4) is 0 Å². The second kappa shape index (κ2) is 4.97. The summed E-state index contributed by atoms with van der Waals surface area (Å²) in [4.78, 5) is 14.5. The molecule has 0 unspecified atom stereocenters. The zero-order valence-electron chi connectivity index (χ0n) is 6.40. The molecule has 0 aromatic carbocycles. The number of nitrogens with zero attached hydrogens (tertiary/aromatic N) is 1. The molecule has 0 spiro atoms. The number of alkyl halides is 2. The van der Waals surface area contributed by atoms with E-state index < -0.39 is 17.2 Å². The van der Waals surface area contributed by atoms with E-state index >= 15 is 0 Å². The number of halogens is 5. The van der Waals surface area contributed by atoms with Gasteiger partial charge in [-0.2, -0.15) is 0 Å². The standard InChI is InChI=1S/C7H2ClF2I2NO/c8-5(14)4-2(6(9)10)1-3(11)7(12)13-4/h1,6H. The van der Waals surface area contributed by atoms with Crippen molar-refractivity contribution in [3.05, 3.63) is 24.6 Å². The molecule has 0 aliphatic carbocycles. The van der Waals surface area contributed by atoms with Crippen LogP contribution in [0, 0.1) is 7.27 Å². The predicted molar refractivity (Wildman–Crippen MR) is 64.8 cm³/mol. The molecule has 7 heteroatoms. The van der Waals surface area contributed by atoms with Gasteiger partial charge in [-0.15, -0.1) is 0 Å². The summed E-state index contributed by atoms with van der Waals surface area (Å²) in [6, 6.07) is 1.22. The first-order valence-electron chi connectivity index (χ1n) is 3.27. The van der Waals surface area contributed by atoms with Crippen molar-refractivity contribution in [2.24, 2.45) is 0 Å². The Labute approximate surface area is 111 Å². The topological polar surface area (TPSA) is 30.0 Å². The maximum Gasteiger partial charge on any atom is 0.271 e. The monoisotopic (exact) mass is 443 g/mol. The molecule has 1 aromatic heterocycles. The zero-order valence-corrected chi connectivity index (χ0v) is 11.5. The first-order chi connectivity index (χ1) is 6.43. The van der Waals surface area contributed by atoms with Gasteiger partial charge in [0.05, 0.1) is 0 Å². The fourth-order valence-corrected chi connectivity index (χ4v) is 1.81. The Hall–Kier alpha value is 0.430. The lowest BCUT2D eigenvalue weighted by molar-refractivity contribution is 0.106. The molecule has 0 fully saturated rings. The van der Waals surface area contributed by atoms with E-state index in [4.69, 9.17) is 11.6 Å². The third kappa shape index (κ3) is 2.72. The molecule has 0 amide bonds. The van der Waals surface area contributed by atoms with E-state index in [0.717, 1.165) is 0 Å². The molecular formula is C7H2ClF2I2NO. The minimum absolute atomic E-state index is 0.369. The van der Waals surface area contributed by atoms with Crippen LogP contribution >= 0.6 is 56.8 Å². The van der Waals surface area contributed by atoms with Crippen molar-refractivity contribution in [3.63, 3.8) is 0 Å². The molecule has 1 aromatic rings. The van der Waals surface area contributed by atoms with Gasteiger partial charge < -0.3 is 0 Å². The molecular weight excluding hydrogens is 441 g/mol. The van der Waals surface area contributed by atoms with Crippen molar-refractivity contribution >= 4 is 62.0 Å². The highest BCUT2D eigenvalue weighted by Gasteiger charge is 2.20. The van der Waals surface area contributed by atoms with Crippen LogP contribution in [0.5, 0.6) is 0 Å². The van der Waals surface area contributed by atoms with Crippen molar-refractivity contribution in [1.82, 2.24) is 4.98 Å². The molecule has 0 saturated carbocycles. The molecule has 1 rings (SSSR count). The van der Waals surface area contributed by atoms with Gasteiger partial charge in [0.15, 0.2) is 0 Å². The third-order valence-corrected chi connectivity index (χ3v) is 4.24. The summed E-state index contributed by atoms with van der Waals surface area (Å²) < 4.78 is 25.9. The number of aromatic nitrogens is 1. The van der Waals surface area contributed by atoms with Crippen molar-refractivity contribution < 1.29 is 13.6 Å². The summed E-state index contributed by atoms with van der Waals surface area (Å²) in [5.41, 5.74) is -0.790. The van der Waals surface area contributed by atoms with Gasteiger partial charge in [0.2, 0.25) is 0 Å². The van der Waals surface area contributed by atoms with Crippen LogP contribution in [-0.2, 0) is 0 Å². The van der Waals surface area contributed by atoms with Crippen LogP contribution in [0.15, 0.2) is 6.07 Å². The zero-order chi connectivity index (χ0) is 10.9. The number of carbonyl (C=O) groups is 1. The maximum atomic E-state index is 12.4. The van der Waals surface area contributed by atoms with Crippen LogP contribution in [0.4, 0.5) is 8.78 Å². The van der Waals surface area contributed by atoms with E-state index in [1.807, 2.05) is 45.2 Å². The summed E-state index contributed by atoms with van der Waals surface area (Å²) in [5.74, 6) is 0. The molecule has 0 N–H and O–H groups in total. The Kier molecular flexibility index (Phi) is 4.44. The molecule has 1 heterocycles. The third-order valence-electron chi connectivity index (χ3n) is 1.38. The normalized spacial score (nSPS) is 10.7. The lowest BCUT2D eigenvalue weighted by Crippen LogP contribution is -2.05. The lowest BCUT2D eigenvalue weighted by atomic mass is 10.2. The van der Waals surface area contributed by atoms with E-state index in [1.54, 1.807) is 0 Å². The number of pyridine rings is 1. The Balaban J connectivity index is 3.39. The number of hydrogen-bond acceptors (Lipinski definition) is 2. The Morgan fingerprint density at radius 2 is 2.07 bits per heavy atom. The van der Waals surface area contributed by atoms with Gasteiger partial charge in [-0.3, -0.25) is 4.79 Å². The predicted octanol–water partition coefficient (Wildman–Crippen LogP) is 3.61. The molecule has 0 atom stereocenters. The van der Waals surface area contributed by atoms with Gasteiger partial charge in [0, 0.05) is 9.13 Å². The molecule has 14 heavy (non-hydrogen) atoms. The van der Waals surface area contributed by atoms with Crippen LogP contribution in [-0.4, -0.2) is 10.2 Å². The average Bonchev–Trinajstić information content (AvgIpc) is 2.08. The smallest absolute Gasteiger partial charge is 0.271 e. The Bertz CT molecular complexity index is 386. The summed E-state index contributed by atoms with van der Waals surface area (Å²) in [5, 5.41) is -0.963. The van der Waals surface area contributed by atoms with Gasteiger partial charge in [0.25, 0.3) is 11.7 Å². The molecule has 76 valence electrons. The van der Waals surface area contributed by atoms with Gasteiger partial charge in [-0.1, -0.05) is 0 Å². The Morgan fingerprint density at radius 3 is 2.50 bits per heavy atom. The number of carbonyl (C=O) groups excluding carboxylic acids is 1. The fourth-order valence-electron chi connectivity index (χ4n) is 0.804. The van der Waals surface area contributed by atoms with E-state index in [2.05, 4.69) is 4.98 Å².